The summed E-state index contributed by atoms with van der Waals surface area (Å²) in [5, 5.41) is 20.3. The molecule has 1 N–H and O–H groups in total. The first-order valence-corrected chi connectivity index (χ1v) is 2.61. The Kier molecular flexibility index (Phi) is 10.9. The standard InChI is InChI=1S/C4H10N2O2.Na/c1-2-3-4-6(8)5-7;/h7H,2-4H2,1H3;/q;+1/b6-5-;. The van der Waals surface area contributed by atoms with Gasteiger partial charge in [-0.1, -0.05) is 18.2 Å². The van der Waals surface area contributed by atoms with E-state index < -0.39 is 0 Å². The molecule has 0 aromatic rings. The van der Waals surface area contributed by atoms with Gasteiger partial charge in [-0.05, 0) is 0 Å². The van der Waals surface area contributed by atoms with Crippen LogP contribution in [0, 0.1) is 5.21 Å². The fraction of sp³-hybridized carbons (Fsp3) is 1.00. The molecule has 48 valence electrons. The maximum absolute atomic E-state index is 10.1. The number of hydrogen-bond donors (Lipinski definition) is 1. The summed E-state index contributed by atoms with van der Waals surface area (Å²) in [6.45, 7) is 2.25. The van der Waals surface area contributed by atoms with Gasteiger partial charge in [-0.25, -0.2) is 0 Å². The normalized spacial score (nSPS) is 10.6. The zero-order valence-corrected chi connectivity index (χ0v) is 7.87. The minimum Gasteiger partial charge on any atom is -0.597 e. The molecule has 0 radical (unpaired) electrons. The van der Waals surface area contributed by atoms with Gasteiger partial charge in [0.25, 0.3) is 0 Å². The van der Waals surface area contributed by atoms with Crippen molar-refractivity contribution in [2.24, 2.45) is 5.28 Å². The Morgan fingerprint density at radius 1 is 1.67 bits per heavy atom. The van der Waals surface area contributed by atoms with E-state index in [0.717, 1.165) is 12.8 Å². The van der Waals surface area contributed by atoms with Crippen LogP contribution in [0.25, 0.3) is 0 Å². The molecular formula is C4H10N2NaO2+. The van der Waals surface area contributed by atoms with Crippen LogP contribution in [0.2, 0.25) is 0 Å². The molecule has 0 atom stereocenters. The van der Waals surface area contributed by atoms with Crippen LogP contribution in [0.1, 0.15) is 19.8 Å². The van der Waals surface area contributed by atoms with Crippen molar-refractivity contribution in [3.63, 3.8) is 0 Å². The fourth-order valence-electron chi connectivity index (χ4n) is 0.338. The molecule has 0 aliphatic rings. The van der Waals surface area contributed by atoms with Crippen LogP contribution < -0.4 is 29.6 Å². The van der Waals surface area contributed by atoms with Gasteiger partial charge in [0, 0.05) is 6.42 Å². The summed E-state index contributed by atoms with van der Waals surface area (Å²) in [5.41, 5.74) is 0. The van der Waals surface area contributed by atoms with Gasteiger partial charge in [-0.15, -0.1) is 0 Å². The molecule has 0 aromatic carbocycles. The van der Waals surface area contributed by atoms with Crippen LogP contribution in [-0.2, 0) is 0 Å². The maximum Gasteiger partial charge on any atom is 1.00 e. The summed E-state index contributed by atoms with van der Waals surface area (Å²) < 4.78 is 0. The first-order chi connectivity index (χ1) is 3.81. The molecule has 0 bridgehead atoms. The van der Waals surface area contributed by atoms with Crippen molar-refractivity contribution in [3.8, 4) is 0 Å². The van der Waals surface area contributed by atoms with Crippen LogP contribution in [0.3, 0.4) is 0 Å². The number of unbranched alkanes of at least 4 members (excludes halogenated alkanes) is 1. The molecular weight excluding hydrogens is 131 g/mol. The van der Waals surface area contributed by atoms with Gasteiger partial charge in [0.15, 0.2) is 11.8 Å². The Bertz CT molecular complexity index is 86.6. The molecule has 0 unspecified atom stereocenters. The zero-order valence-electron chi connectivity index (χ0n) is 5.87. The third-order valence-corrected chi connectivity index (χ3v) is 0.803. The Hall–Kier alpha value is 0.200. The van der Waals surface area contributed by atoms with Crippen molar-refractivity contribution in [2.75, 3.05) is 6.54 Å². The van der Waals surface area contributed by atoms with Gasteiger partial charge in [0.05, 0.1) is 0 Å². The fourth-order valence-corrected chi connectivity index (χ4v) is 0.338. The molecule has 0 rings (SSSR count). The summed E-state index contributed by atoms with van der Waals surface area (Å²) in [6, 6.07) is 0. The molecule has 0 saturated carbocycles. The van der Waals surface area contributed by atoms with E-state index >= 15 is 0 Å². The largest absolute Gasteiger partial charge is 1.00 e. The van der Waals surface area contributed by atoms with E-state index in [1.54, 1.807) is 0 Å². The molecule has 0 fully saturated rings. The monoisotopic (exact) mass is 141 g/mol. The van der Waals surface area contributed by atoms with Crippen molar-refractivity contribution in [1.29, 1.82) is 0 Å². The van der Waals surface area contributed by atoms with Crippen molar-refractivity contribution in [3.05, 3.63) is 5.21 Å². The van der Waals surface area contributed by atoms with Crippen LogP contribution in [0.15, 0.2) is 5.28 Å². The molecule has 4 nitrogen and oxygen atoms in total. The van der Waals surface area contributed by atoms with Gasteiger partial charge >= 0.3 is 29.6 Å². The van der Waals surface area contributed by atoms with E-state index in [1.165, 1.54) is 0 Å². The van der Waals surface area contributed by atoms with Crippen LogP contribution in [0.4, 0.5) is 0 Å². The minimum atomic E-state index is 0. The summed E-state index contributed by atoms with van der Waals surface area (Å²) in [7, 11) is 0. The molecule has 0 aliphatic carbocycles. The molecule has 0 aromatic heterocycles. The summed E-state index contributed by atoms with van der Waals surface area (Å²) in [6.07, 6.45) is 1.71. The summed E-state index contributed by atoms with van der Waals surface area (Å²) >= 11 is 0. The SMILES string of the molecule is CCCC/[N+]([O-])=N/O.[Na+]. The Morgan fingerprint density at radius 2 is 2.22 bits per heavy atom. The maximum atomic E-state index is 10.1. The van der Waals surface area contributed by atoms with Gasteiger partial charge < -0.3 is 10.4 Å². The number of nitrogens with zero attached hydrogens (tertiary/aromatic N) is 2. The average Bonchev–Trinajstić information content (AvgIpc) is 1.83. The second-order valence-electron chi connectivity index (χ2n) is 1.52. The van der Waals surface area contributed by atoms with Crippen LogP contribution in [-0.4, -0.2) is 16.6 Å². The quantitative estimate of drug-likeness (QED) is 0.217. The average molecular weight is 141 g/mol. The first kappa shape index (κ1) is 11.9. The van der Waals surface area contributed by atoms with Crippen molar-refractivity contribution < 1.29 is 39.6 Å². The third-order valence-electron chi connectivity index (χ3n) is 0.803. The second-order valence-corrected chi connectivity index (χ2v) is 1.52. The number of hydrogen-bond acceptors (Lipinski definition) is 2. The smallest absolute Gasteiger partial charge is 0.597 e. The molecule has 0 aliphatic heterocycles. The van der Waals surface area contributed by atoms with Crippen LogP contribution >= 0.6 is 0 Å². The van der Waals surface area contributed by atoms with E-state index in [2.05, 4.69) is 5.28 Å². The van der Waals surface area contributed by atoms with Gasteiger partial charge in [-0.2, -0.15) is 0 Å². The molecule has 0 amide bonds. The van der Waals surface area contributed by atoms with Gasteiger partial charge in [0.1, 0.15) is 0 Å². The van der Waals surface area contributed by atoms with E-state index in [-0.39, 0.29) is 41.0 Å². The van der Waals surface area contributed by atoms with Crippen molar-refractivity contribution >= 4 is 0 Å². The third kappa shape index (κ3) is 8.20. The minimum absolute atomic E-state index is 0. The summed E-state index contributed by atoms with van der Waals surface area (Å²) in [4.78, 5) is 0.267. The predicted octanol–water partition coefficient (Wildman–Crippen LogP) is -1.86. The van der Waals surface area contributed by atoms with Gasteiger partial charge in [0.2, 0.25) is 0 Å². The van der Waals surface area contributed by atoms with E-state index in [0.29, 0.717) is 0 Å². The first-order valence-electron chi connectivity index (χ1n) is 2.61. The Morgan fingerprint density at radius 3 is 2.56 bits per heavy atom. The number of rotatable bonds is 3. The van der Waals surface area contributed by atoms with Crippen molar-refractivity contribution in [1.82, 2.24) is 0 Å². The molecule has 9 heavy (non-hydrogen) atoms. The molecule has 0 heterocycles. The Balaban J connectivity index is 0. The Labute approximate surface area is 76.4 Å². The van der Waals surface area contributed by atoms with E-state index in [9.17, 15) is 5.21 Å². The molecule has 0 spiro atoms. The second kappa shape index (κ2) is 8.20. The zero-order chi connectivity index (χ0) is 6.41. The molecule has 5 heteroatoms. The predicted molar refractivity (Wildman–Crippen MR) is 27.6 cm³/mol. The summed E-state index contributed by atoms with van der Waals surface area (Å²) in [5.74, 6) is 0. The number of hydroxylamine groups is 1. The van der Waals surface area contributed by atoms with Crippen molar-refractivity contribution in [2.45, 2.75) is 19.8 Å². The van der Waals surface area contributed by atoms with E-state index in [1.807, 2.05) is 6.92 Å². The van der Waals surface area contributed by atoms with Crippen LogP contribution in [0.5, 0.6) is 0 Å². The van der Waals surface area contributed by atoms with Gasteiger partial charge in [-0.3, -0.25) is 0 Å². The van der Waals surface area contributed by atoms with E-state index in [4.69, 9.17) is 5.21 Å². The molecule has 0 saturated heterocycles. The topological polar surface area (TPSA) is 58.7 Å².